The highest BCUT2D eigenvalue weighted by Gasteiger charge is 2.27. The molecule has 0 aliphatic heterocycles. The molecular weight excluding hydrogens is 244 g/mol. The third-order valence-electron chi connectivity index (χ3n) is 3.15. The van der Waals surface area contributed by atoms with Gasteiger partial charge in [-0.25, -0.2) is 0 Å². The maximum atomic E-state index is 9.51. The number of rotatable bonds is 3. The Morgan fingerprint density at radius 1 is 1.16 bits per heavy atom. The zero-order chi connectivity index (χ0) is 14.2. The molecule has 4 heteroatoms. The number of methoxy groups -OCH3 is 2. The Hall–Kier alpha value is -1.68. The van der Waals surface area contributed by atoms with E-state index < -0.39 is 0 Å². The molecular formula is C15H20O4. The van der Waals surface area contributed by atoms with E-state index in [1.807, 2.05) is 12.1 Å². The zero-order valence-corrected chi connectivity index (χ0v) is 12.0. The van der Waals surface area contributed by atoms with Crippen LogP contribution in [0.1, 0.15) is 32.1 Å². The number of aliphatic hydroxyl groups excluding tert-OH is 1. The first-order valence-electron chi connectivity index (χ1n) is 6.21. The Morgan fingerprint density at radius 3 is 2.32 bits per heavy atom. The first-order chi connectivity index (χ1) is 8.92. The lowest BCUT2D eigenvalue weighted by Crippen LogP contribution is -2.13. The normalized spacial score (nSPS) is 11.9. The van der Waals surface area contributed by atoms with Crippen LogP contribution in [0.5, 0.6) is 11.5 Å². The van der Waals surface area contributed by atoms with Crippen LogP contribution < -0.4 is 9.47 Å². The Labute approximate surface area is 112 Å². The third-order valence-corrected chi connectivity index (χ3v) is 3.15. The summed E-state index contributed by atoms with van der Waals surface area (Å²) in [7, 11) is 3.22. The first kappa shape index (κ1) is 13.7. The van der Waals surface area contributed by atoms with Crippen LogP contribution in [0.15, 0.2) is 16.5 Å². The lowest BCUT2D eigenvalue weighted by molar-refractivity contribution is 0.246. The summed E-state index contributed by atoms with van der Waals surface area (Å²) in [5, 5.41) is 10.4. The summed E-state index contributed by atoms with van der Waals surface area (Å²) in [6, 6.07) is 3.64. The molecule has 0 fully saturated rings. The average Bonchev–Trinajstić information content (AvgIpc) is 2.75. The summed E-state index contributed by atoms with van der Waals surface area (Å²) in [4.78, 5) is 0. The quantitative estimate of drug-likeness (QED) is 0.924. The molecule has 0 amide bonds. The van der Waals surface area contributed by atoms with Crippen molar-refractivity contribution in [1.29, 1.82) is 0 Å². The molecule has 2 rings (SSSR count). The topological polar surface area (TPSA) is 51.8 Å². The van der Waals surface area contributed by atoms with Crippen molar-refractivity contribution in [3.8, 4) is 11.5 Å². The molecule has 0 saturated carbocycles. The van der Waals surface area contributed by atoms with Gasteiger partial charge < -0.3 is 19.0 Å². The van der Waals surface area contributed by atoms with E-state index in [0.29, 0.717) is 22.8 Å². The summed E-state index contributed by atoms with van der Waals surface area (Å²) in [6.45, 7) is 6.12. The molecule has 0 aliphatic rings. The number of aliphatic hydroxyl groups is 1. The third kappa shape index (κ3) is 2.28. The predicted molar refractivity (Wildman–Crippen MR) is 73.9 cm³/mol. The fourth-order valence-corrected chi connectivity index (χ4v) is 2.40. The molecule has 104 valence electrons. The Bertz CT molecular complexity index is 590. The monoisotopic (exact) mass is 264 g/mol. The molecule has 4 nitrogen and oxygen atoms in total. The van der Waals surface area contributed by atoms with Crippen LogP contribution in [0.4, 0.5) is 0 Å². The van der Waals surface area contributed by atoms with Crippen LogP contribution in [0.25, 0.3) is 11.0 Å². The van der Waals surface area contributed by atoms with Gasteiger partial charge in [-0.3, -0.25) is 0 Å². The summed E-state index contributed by atoms with van der Waals surface area (Å²) < 4.78 is 16.4. The molecule has 1 aromatic heterocycles. The average molecular weight is 264 g/mol. The summed E-state index contributed by atoms with van der Waals surface area (Å²) in [6.07, 6.45) is 0. The molecule has 19 heavy (non-hydrogen) atoms. The van der Waals surface area contributed by atoms with E-state index in [4.69, 9.17) is 13.9 Å². The number of furan rings is 1. The highest BCUT2D eigenvalue weighted by atomic mass is 16.5. The van der Waals surface area contributed by atoms with E-state index in [1.54, 1.807) is 14.2 Å². The van der Waals surface area contributed by atoms with Crippen LogP contribution in [0.2, 0.25) is 0 Å². The van der Waals surface area contributed by atoms with Crippen LogP contribution in [0.3, 0.4) is 0 Å². The van der Waals surface area contributed by atoms with E-state index in [9.17, 15) is 5.11 Å². The second-order valence-corrected chi connectivity index (χ2v) is 5.51. The predicted octanol–water partition coefficient (Wildman–Crippen LogP) is 3.24. The zero-order valence-electron chi connectivity index (χ0n) is 12.0. The van der Waals surface area contributed by atoms with Crippen LogP contribution in [0, 0.1) is 0 Å². The molecule has 0 radical (unpaired) electrons. The minimum atomic E-state index is -0.148. The largest absolute Gasteiger partial charge is 0.496 e. The molecule has 0 saturated heterocycles. The van der Waals surface area contributed by atoms with Crippen molar-refractivity contribution in [2.45, 2.75) is 32.8 Å². The van der Waals surface area contributed by atoms with E-state index in [1.165, 1.54) is 0 Å². The molecule has 0 unspecified atom stereocenters. The first-order valence-corrected chi connectivity index (χ1v) is 6.21. The minimum Gasteiger partial charge on any atom is -0.496 e. The van der Waals surface area contributed by atoms with Crippen molar-refractivity contribution in [3.05, 3.63) is 23.5 Å². The highest BCUT2D eigenvalue weighted by molar-refractivity contribution is 5.91. The second kappa shape index (κ2) is 4.78. The van der Waals surface area contributed by atoms with Crippen molar-refractivity contribution in [2.24, 2.45) is 0 Å². The van der Waals surface area contributed by atoms with Gasteiger partial charge in [-0.05, 0) is 5.41 Å². The van der Waals surface area contributed by atoms with Crippen LogP contribution in [-0.2, 0) is 12.0 Å². The van der Waals surface area contributed by atoms with E-state index >= 15 is 0 Å². The number of hydrogen-bond acceptors (Lipinski definition) is 4. The summed E-state index contributed by atoms with van der Waals surface area (Å²) >= 11 is 0. The van der Waals surface area contributed by atoms with Crippen LogP contribution >= 0.6 is 0 Å². The Morgan fingerprint density at radius 2 is 1.84 bits per heavy atom. The van der Waals surface area contributed by atoms with Gasteiger partial charge in [0, 0.05) is 17.7 Å². The van der Waals surface area contributed by atoms with Gasteiger partial charge in [0.2, 0.25) is 0 Å². The van der Waals surface area contributed by atoms with Gasteiger partial charge in [-0.1, -0.05) is 20.8 Å². The van der Waals surface area contributed by atoms with E-state index in [0.717, 1.165) is 10.9 Å². The molecule has 1 N–H and O–H groups in total. The van der Waals surface area contributed by atoms with Crippen molar-refractivity contribution < 1.29 is 19.0 Å². The van der Waals surface area contributed by atoms with Gasteiger partial charge in [-0.15, -0.1) is 0 Å². The summed E-state index contributed by atoms with van der Waals surface area (Å²) in [5.41, 5.74) is 1.50. The molecule has 0 bridgehead atoms. The lowest BCUT2D eigenvalue weighted by Gasteiger charge is -2.19. The fourth-order valence-electron chi connectivity index (χ4n) is 2.40. The van der Waals surface area contributed by atoms with Gasteiger partial charge in [0.05, 0.1) is 19.6 Å². The fraction of sp³-hybridized carbons (Fsp3) is 0.467. The SMILES string of the molecule is COc1cc(OC)c2c(C(C)(C)C)c(CO)oc2c1. The molecule has 1 aromatic carbocycles. The lowest BCUT2D eigenvalue weighted by atomic mass is 9.84. The highest BCUT2D eigenvalue weighted by Crippen LogP contribution is 2.42. The van der Waals surface area contributed by atoms with Crippen LogP contribution in [-0.4, -0.2) is 19.3 Å². The van der Waals surface area contributed by atoms with Gasteiger partial charge in [0.1, 0.15) is 29.4 Å². The van der Waals surface area contributed by atoms with Gasteiger partial charge in [0.15, 0.2) is 0 Å². The van der Waals surface area contributed by atoms with Crippen molar-refractivity contribution in [3.63, 3.8) is 0 Å². The Kier molecular flexibility index (Phi) is 3.45. The Balaban J connectivity index is 2.86. The molecule has 0 atom stereocenters. The van der Waals surface area contributed by atoms with Crippen molar-refractivity contribution in [1.82, 2.24) is 0 Å². The minimum absolute atomic E-state index is 0.132. The number of ether oxygens (including phenoxy) is 2. The number of hydrogen-bond donors (Lipinski definition) is 1. The van der Waals surface area contributed by atoms with Gasteiger partial charge in [-0.2, -0.15) is 0 Å². The second-order valence-electron chi connectivity index (χ2n) is 5.51. The van der Waals surface area contributed by atoms with Gasteiger partial charge >= 0.3 is 0 Å². The maximum Gasteiger partial charge on any atom is 0.142 e. The summed E-state index contributed by atoms with van der Waals surface area (Å²) in [5.74, 6) is 1.94. The number of fused-ring (bicyclic) bond motifs is 1. The van der Waals surface area contributed by atoms with Crippen molar-refractivity contribution in [2.75, 3.05) is 14.2 Å². The number of benzene rings is 1. The molecule has 0 aliphatic carbocycles. The molecule has 0 spiro atoms. The van der Waals surface area contributed by atoms with E-state index in [2.05, 4.69) is 20.8 Å². The molecule has 2 aromatic rings. The van der Waals surface area contributed by atoms with Gasteiger partial charge in [0.25, 0.3) is 0 Å². The maximum absolute atomic E-state index is 9.51. The standard InChI is InChI=1S/C15H20O4/c1-15(2,3)14-12(8-16)19-11-7-9(17-4)6-10(18-5)13(11)14/h6-7,16H,8H2,1-5H3. The van der Waals surface area contributed by atoms with Crippen molar-refractivity contribution >= 4 is 11.0 Å². The van der Waals surface area contributed by atoms with E-state index in [-0.39, 0.29) is 12.0 Å². The smallest absolute Gasteiger partial charge is 0.142 e. The molecule has 1 heterocycles.